The minimum atomic E-state index is -0.560. The van der Waals surface area contributed by atoms with Gasteiger partial charge in [-0.25, -0.2) is 9.48 Å². The number of carbonyl (C=O) groups excluding carboxylic acids is 2. The molecular formula is C19H23BrN4O4. The molecule has 2 amide bonds. The lowest BCUT2D eigenvalue weighted by Crippen LogP contribution is -2.52. The van der Waals surface area contributed by atoms with Crippen LogP contribution in [0.2, 0.25) is 0 Å². The number of hydrogen-bond donors (Lipinski definition) is 0. The topological polar surface area (TPSA) is 84.7 Å². The molecule has 1 aromatic heterocycles. The van der Waals surface area contributed by atoms with Gasteiger partial charge in [-0.15, -0.1) is 0 Å². The molecule has 0 aliphatic carbocycles. The first-order valence-electron chi connectivity index (χ1n) is 9.00. The normalized spacial score (nSPS) is 15.0. The number of halogens is 1. The zero-order valence-corrected chi connectivity index (χ0v) is 17.9. The fourth-order valence-electron chi connectivity index (χ4n) is 3.05. The molecule has 3 rings (SSSR count). The third-order valence-electron chi connectivity index (χ3n) is 4.43. The number of carbonyl (C=O) groups is 2. The maximum Gasteiger partial charge on any atom is 0.410 e. The lowest BCUT2D eigenvalue weighted by Gasteiger charge is -2.35. The lowest BCUT2D eigenvalue weighted by atomic mass is 10.1. The van der Waals surface area contributed by atoms with E-state index in [-0.39, 0.29) is 23.3 Å². The summed E-state index contributed by atoms with van der Waals surface area (Å²) in [4.78, 5) is 40.9. The van der Waals surface area contributed by atoms with E-state index in [1.165, 1.54) is 11.7 Å². The van der Waals surface area contributed by atoms with Gasteiger partial charge in [0.1, 0.15) is 5.60 Å². The highest BCUT2D eigenvalue weighted by Gasteiger charge is 2.29. The van der Waals surface area contributed by atoms with Gasteiger partial charge in [-0.3, -0.25) is 9.59 Å². The largest absolute Gasteiger partial charge is 0.444 e. The number of aryl methyl sites for hydroxylation is 1. The number of nitrogens with zero attached hydrogens (tertiary/aromatic N) is 4. The first-order chi connectivity index (χ1) is 13.1. The summed E-state index contributed by atoms with van der Waals surface area (Å²) in [7, 11) is 1.53. The van der Waals surface area contributed by atoms with Crippen molar-refractivity contribution in [1.82, 2.24) is 19.6 Å². The van der Waals surface area contributed by atoms with Gasteiger partial charge >= 0.3 is 6.09 Å². The van der Waals surface area contributed by atoms with Crippen molar-refractivity contribution in [3.63, 3.8) is 0 Å². The summed E-state index contributed by atoms with van der Waals surface area (Å²) >= 11 is 3.38. The van der Waals surface area contributed by atoms with Gasteiger partial charge < -0.3 is 14.5 Å². The molecule has 0 radical (unpaired) electrons. The summed E-state index contributed by atoms with van der Waals surface area (Å²) in [5.41, 5.74) is -0.590. The van der Waals surface area contributed by atoms with Gasteiger partial charge in [0.25, 0.3) is 11.5 Å². The van der Waals surface area contributed by atoms with Crippen LogP contribution in [0.25, 0.3) is 10.8 Å². The van der Waals surface area contributed by atoms with Crippen LogP contribution in [0.3, 0.4) is 0 Å². The second-order valence-corrected chi connectivity index (χ2v) is 8.64. The number of aromatic nitrogens is 2. The Hall–Kier alpha value is -2.42. The Bertz CT molecular complexity index is 988. The van der Waals surface area contributed by atoms with E-state index in [2.05, 4.69) is 21.0 Å². The van der Waals surface area contributed by atoms with E-state index in [0.29, 0.717) is 37.0 Å². The maximum atomic E-state index is 13.1. The van der Waals surface area contributed by atoms with E-state index in [0.717, 1.165) is 4.47 Å². The molecule has 0 saturated carbocycles. The zero-order chi connectivity index (χ0) is 20.6. The molecule has 2 aromatic rings. The van der Waals surface area contributed by atoms with Crippen LogP contribution in [-0.4, -0.2) is 63.4 Å². The van der Waals surface area contributed by atoms with Gasteiger partial charge in [0.2, 0.25) is 0 Å². The van der Waals surface area contributed by atoms with Gasteiger partial charge in [0.15, 0.2) is 5.69 Å². The third-order valence-corrected chi connectivity index (χ3v) is 4.93. The molecule has 0 unspecified atom stereocenters. The second-order valence-electron chi connectivity index (χ2n) is 7.73. The van der Waals surface area contributed by atoms with Crippen LogP contribution in [0, 0.1) is 0 Å². The third kappa shape index (κ3) is 4.19. The molecule has 28 heavy (non-hydrogen) atoms. The minimum Gasteiger partial charge on any atom is -0.444 e. The molecule has 1 aliphatic heterocycles. The summed E-state index contributed by atoms with van der Waals surface area (Å²) in [5.74, 6) is -0.262. The number of benzene rings is 1. The Morgan fingerprint density at radius 2 is 1.68 bits per heavy atom. The van der Waals surface area contributed by atoms with Crippen LogP contribution < -0.4 is 5.56 Å². The number of piperazine rings is 1. The Morgan fingerprint density at radius 3 is 2.29 bits per heavy atom. The van der Waals surface area contributed by atoms with E-state index in [4.69, 9.17) is 4.74 Å². The summed E-state index contributed by atoms with van der Waals surface area (Å²) in [5, 5.41) is 5.16. The molecule has 1 aliphatic rings. The van der Waals surface area contributed by atoms with Crippen LogP contribution >= 0.6 is 15.9 Å². The van der Waals surface area contributed by atoms with Crippen LogP contribution in [0.4, 0.5) is 4.79 Å². The molecular weight excluding hydrogens is 428 g/mol. The van der Waals surface area contributed by atoms with Crippen LogP contribution in [0.5, 0.6) is 0 Å². The van der Waals surface area contributed by atoms with Gasteiger partial charge in [-0.1, -0.05) is 15.9 Å². The highest BCUT2D eigenvalue weighted by Crippen LogP contribution is 2.21. The number of fused-ring (bicyclic) bond motifs is 1. The van der Waals surface area contributed by atoms with Crippen molar-refractivity contribution in [3.8, 4) is 0 Å². The molecule has 1 saturated heterocycles. The fourth-order valence-corrected chi connectivity index (χ4v) is 3.41. The van der Waals surface area contributed by atoms with Crippen LogP contribution in [0.15, 0.2) is 27.5 Å². The second kappa shape index (κ2) is 7.54. The predicted octanol–water partition coefficient (Wildman–Crippen LogP) is 2.39. The van der Waals surface area contributed by atoms with E-state index < -0.39 is 5.60 Å². The van der Waals surface area contributed by atoms with Gasteiger partial charge in [-0.2, -0.15) is 5.10 Å². The van der Waals surface area contributed by atoms with E-state index in [1.807, 2.05) is 20.8 Å². The maximum absolute atomic E-state index is 13.1. The molecule has 0 spiro atoms. The monoisotopic (exact) mass is 450 g/mol. The Labute approximate surface area is 171 Å². The molecule has 0 bridgehead atoms. The van der Waals surface area contributed by atoms with Crippen LogP contribution in [0.1, 0.15) is 31.3 Å². The summed E-state index contributed by atoms with van der Waals surface area (Å²) in [6.45, 7) is 6.97. The van der Waals surface area contributed by atoms with E-state index >= 15 is 0 Å². The smallest absolute Gasteiger partial charge is 0.410 e. The molecule has 1 aromatic carbocycles. The van der Waals surface area contributed by atoms with Gasteiger partial charge in [0.05, 0.1) is 5.39 Å². The molecule has 8 nitrogen and oxygen atoms in total. The van der Waals surface area contributed by atoms with Crippen molar-refractivity contribution >= 4 is 38.7 Å². The first kappa shape index (κ1) is 20.3. The number of rotatable bonds is 1. The Balaban J connectivity index is 1.81. The Kier molecular flexibility index (Phi) is 5.47. The Morgan fingerprint density at radius 1 is 1.07 bits per heavy atom. The van der Waals surface area contributed by atoms with Crippen molar-refractivity contribution in [3.05, 3.63) is 38.7 Å². The average Bonchev–Trinajstić information content (AvgIpc) is 2.62. The average molecular weight is 451 g/mol. The lowest BCUT2D eigenvalue weighted by molar-refractivity contribution is 0.0140. The van der Waals surface area contributed by atoms with Crippen molar-refractivity contribution in [1.29, 1.82) is 0 Å². The van der Waals surface area contributed by atoms with Crippen LogP contribution in [-0.2, 0) is 11.8 Å². The fraction of sp³-hybridized carbons (Fsp3) is 0.474. The summed E-state index contributed by atoms with van der Waals surface area (Å²) in [6, 6.07) is 5.17. The van der Waals surface area contributed by atoms with Crippen molar-refractivity contribution in [2.45, 2.75) is 26.4 Å². The molecule has 150 valence electrons. The number of hydrogen-bond acceptors (Lipinski definition) is 5. The summed E-state index contributed by atoms with van der Waals surface area (Å²) < 4.78 is 7.33. The highest BCUT2D eigenvalue weighted by molar-refractivity contribution is 9.10. The number of amides is 2. The van der Waals surface area contributed by atoms with Crippen molar-refractivity contribution < 1.29 is 14.3 Å². The minimum absolute atomic E-state index is 0.226. The number of ether oxygens (including phenoxy) is 1. The molecule has 1 fully saturated rings. The van der Waals surface area contributed by atoms with E-state index in [1.54, 1.807) is 28.0 Å². The van der Waals surface area contributed by atoms with E-state index in [9.17, 15) is 14.4 Å². The van der Waals surface area contributed by atoms with Gasteiger partial charge in [0, 0.05) is 43.1 Å². The van der Waals surface area contributed by atoms with Crippen molar-refractivity contribution in [2.24, 2.45) is 7.05 Å². The molecule has 0 atom stereocenters. The molecule has 2 heterocycles. The summed E-state index contributed by atoms with van der Waals surface area (Å²) in [6.07, 6.45) is -0.380. The predicted molar refractivity (Wildman–Crippen MR) is 108 cm³/mol. The molecule has 9 heteroatoms. The first-order valence-corrected chi connectivity index (χ1v) is 9.80. The standard InChI is InChI=1S/C19H23BrN4O4/c1-19(2,3)28-18(27)24-9-7-23(8-10-24)17(26)15-14-11-12(20)5-6-13(14)16(25)22(4)21-15/h5-6,11H,7-10H2,1-4H3. The van der Waals surface area contributed by atoms with Crippen molar-refractivity contribution in [2.75, 3.05) is 26.2 Å². The molecule has 0 N–H and O–H groups in total. The highest BCUT2D eigenvalue weighted by atomic mass is 79.9. The zero-order valence-electron chi connectivity index (χ0n) is 16.4. The van der Waals surface area contributed by atoms with Gasteiger partial charge in [-0.05, 0) is 39.0 Å². The quantitative estimate of drug-likeness (QED) is 0.665. The SMILES string of the molecule is Cn1nc(C(=O)N2CCN(C(=O)OC(C)(C)C)CC2)c2cc(Br)ccc2c1=O.